The number of nitrogens with zero attached hydrogens (tertiary/aromatic N) is 2. The molecule has 24 heavy (non-hydrogen) atoms. The summed E-state index contributed by atoms with van der Waals surface area (Å²) in [5.41, 5.74) is -1.20. The summed E-state index contributed by atoms with van der Waals surface area (Å²) in [6.07, 6.45) is -4.48. The van der Waals surface area contributed by atoms with E-state index >= 15 is 0 Å². The van der Waals surface area contributed by atoms with Crippen LogP contribution in [0.2, 0.25) is 0 Å². The van der Waals surface area contributed by atoms with E-state index in [1.54, 1.807) is 0 Å². The van der Waals surface area contributed by atoms with Crippen molar-refractivity contribution in [1.82, 2.24) is 0 Å². The number of hydrogen-bond acceptors (Lipinski definition) is 5. The second-order valence-electron chi connectivity index (χ2n) is 4.35. The molecule has 1 N–H and O–H groups in total. The smallest absolute Gasteiger partial charge is 0.871 e. The molecule has 0 saturated heterocycles. The molecule has 0 saturated carbocycles. The molecule has 0 amide bonds. The molecule has 6 nitrogen and oxygen atoms in total. The summed E-state index contributed by atoms with van der Waals surface area (Å²) in [5, 5.41) is 18.6. The zero-order valence-corrected chi connectivity index (χ0v) is 15.0. The Morgan fingerprint density at radius 1 is 1.00 bits per heavy atom. The molecule has 0 spiro atoms. The Labute approximate surface area is 157 Å². The molecule has 2 rings (SSSR count). The van der Waals surface area contributed by atoms with Crippen LogP contribution < -0.4 is 34.7 Å². The van der Waals surface area contributed by atoms with E-state index in [9.17, 15) is 26.7 Å². The van der Waals surface area contributed by atoms with Crippen molar-refractivity contribution in [3.05, 3.63) is 48.0 Å². The van der Waals surface area contributed by atoms with Crippen molar-refractivity contribution in [2.24, 2.45) is 10.2 Å². The van der Waals surface area contributed by atoms with Gasteiger partial charge < -0.3 is 5.11 Å². The fourth-order valence-electron chi connectivity index (χ4n) is 1.56. The van der Waals surface area contributed by atoms with Crippen molar-refractivity contribution in [2.45, 2.75) is 11.1 Å². The van der Waals surface area contributed by atoms with E-state index < -0.39 is 32.5 Å². The molecular formula is C13H8F3N2NaO4S. The molecule has 2 aromatic carbocycles. The van der Waals surface area contributed by atoms with Gasteiger partial charge in [0.1, 0.15) is 0 Å². The van der Waals surface area contributed by atoms with E-state index in [1.807, 2.05) is 0 Å². The molecule has 0 atom stereocenters. The molecule has 0 heterocycles. The summed E-state index contributed by atoms with van der Waals surface area (Å²) in [7, 11) is -4.51. The average Bonchev–Trinajstić information content (AvgIpc) is 2.44. The molecule has 0 aliphatic carbocycles. The third-order valence-corrected chi connectivity index (χ3v) is 3.55. The van der Waals surface area contributed by atoms with Gasteiger partial charge in [0.05, 0.1) is 21.8 Å². The van der Waals surface area contributed by atoms with Crippen molar-refractivity contribution in [3.63, 3.8) is 0 Å². The third kappa shape index (κ3) is 5.28. The molecule has 122 valence electrons. The van der Waals surface area contributed by atoms with Crippen molar-refractivity contribution in [1.29, 1.82) is 0 Å². The number of alkyl halides is 3. The van der Waals surface area contributed by atoms with Gasteiger partial charge in [0, 0.05) is 0 Å². The standard InChI is InChI=1S/C13H9F3N2O4S.Na/c14-13(15,16)8-1-3-9(4-2-8)17-18-11-7-10(23(20,21)22)5-6-12(11)19;/h1-7,19H,(H,20,21,22);/q;+1/p-1. The predicted octanol–water partition coefficient (Wildman–Crippen LogP) is 0.445. The average molecular weight is 368 g/mol. The molecule has 2 aromatic rings. The number of hydrogen-bond donors (Lipinski definition) is 1. The van der Waals surface area contributed by atoms with Crippen LogP contribution >= 0.6 is 0 Å². The van der Waals surface area contributed by atoms with Crippen LogP contribution in [0.25, 0.3) is 0 Å². The van der Waals surface area contributed by atoms with Crippen LogP contribution in [-0.2, 0) is 16.3 Å². The molecule has 0 unspecified atom stereocenters. The van der Waals surface area contributed by atoms with Crippen LogP contribution in [0.5, 0.6) is 5.75 Å². The minimum Gasteiger partial charge on any atom is -0.871 e. The summed E-state index contributed by atoms with van der Waals surface area (Å²) >= 11 is 0. The monoisotopic (exact) mass is 368 g/mol. The minimum absolute atomic E-state index is 0. The second kappa shape index (κ2) is 7.62. The molecule has 0 aliphatic heterocycles. The molecule has 11 heteroatoms. The minimum atomic E-state index is -4.51. The summed E-state index contributed by atoms with van der Waals surface area (Å²) < 4.78 is 68.1. The number of rotatable bonds is 3. The Morgan fingerprint density at radius 2 is 1.58 bits per heavy atom. The van der Waals surface area contributed by atoms with Crippen molar-refractivity contribution in [3.8, 4) is 5.75 Å². The topological polar surface area (TPSA) is 102 Å². The molecule has 0 aliphatic rings. The first kappa shape index (κ1) is 20.6. The van der Waals surface area contributed by atoms with Gasteiger partial charge in [-0.1, -0.05) is 11.8 Å². The van der Waals surface area contributed by atoms with E-state index in [1.165, 1.54) is 0 Å². The van der Waals surface area contributed by atoms with Crippen molar-refractivity contribution >= 4 is 21.5 Å². The second-order valence-corrected chi connectivity index (χ2v) is 5.77. The van der Waals surface area contributed by atoms with Gasteiger partial charge in [-0.25, -0.2) is 0 Å². The van der Waals surface area contributed by atoms with E-state index in [4.69, 9.17) is 4.55 Å². The van der Waals surface area contributed by atoms with Gasteiger partial charge in [-0.05, 0) is 36.4 Å². The van der Waals surface area contributed by atoms with Crippen molar-refractivity contribution in [2.75, 3.05) is 0 Å². The van der Waals surface area contributed by atoms with Gasteiger partial charge in [0.2, 0.25) is 0 Å². The first-order valence-electron chi connectivity index (χ1n) is 5.95. The van der Waals surface area contributed by atoms with Crippen LogP contribution in [0.15, 0.2) is 57.6 Å². The summed E-state index contributed by atoms with van der Waals surface area (Å²) in [5.74, 6) is -0.659. The van der Waals surface area contributed by atoms with E-state index in [0.717, 1.165) is 42.5 Å². The van der Waals surface area contributed by atoms with Gasteiger partial charge in [0.15, 0.2) is 0 Å². The fraction of sp³-hybridized carbons (Fsp3) is 0.0769. The van der Waals surface area contributed by atoms with Crippen LogP contribution in [0.4, 0.5) is 24.5 Å². The Morgan fingerprint density at radius 3 is 2.08 bits per heavy atom. The third-order valence-electron chi connectivity index (χ3n) is 2.70. The van der Waals surface area contributed by atoms with E-state index in [-0.39, 0.29) is 40.9 Å². The number of halogens is 3. The maximum atomic E-state index is 12.4. The molecule has 0 radical (unpaired) electrons. The van der Waals surface area contributed by atoms with Crippen LogP contribution in [0, 0.1) is 0 Å². The SMILES string of the molecule is O=S(=O)(O)c1ccc([O-])c(N=Nc2ccc(C(F)(F)F)cc2)c1.[Na+]. The maximum absolute atomic E-state index is 12.4. The van der Waals surface area contributed by atoms with Gasteiger partial charge >= 0.3 is 35.7 Å². The number of benzene rings is 2. The predicted molar refractivity (Wildman–Crippen MR) is 71.3 cm³/mol. The summed E-state index contributed by atoms with van der Waals surface area (Å²) in [6.45, 7) is 0. The molecular weight excluding hydrogens is 360 g/mol. The quantitative estimate of drug-likeness (QED) is 0.483. The summed E-state index contributed by atoms with van der Waals surface area (Å²) in [4.78, 5) is -0.543. The fourth-order valence-corrected chi connectivity index (χ4v) is 2.07. The van der Waals surface area contributed by atoms with E-state index in [2.05, 4.69) is 10.2 Å². The molecule has 0 aromatic heterocycles. The normalized spacial score (nSPS) is 12.2. The first-order chi connectivity index (χ1) is 10.6. The largest absolute Gasteiger partial charge is 1.00 e. The van der Waals surface area contributed by atoms with Gasteiger partial charge in [-0.3, -0.25) is 4.55 Å². The van der Waals surface area contributed by atoms with Crippen LogP contribution in [0.3, 0.4) is 0 Å². The Bertz CT molecular complexity index is 853. The van der Waals surface area contributed by atoms with Crippen molar-refractivity contribution < 1.29 is 60.8 Å². The zero-order valence-electron chi connectivity index (χ0n) is 12.1. The first-order valence-corrected chi connectivity index (χ1v) is 7.39. The maximum Gasteiger partial charge on any atom is 1.00 e. The Balaban J connectivity index is 0.00000288. The molecule has 0 bridgehead atoms. The van der Waals surface area contributed by atoms with Gasteiger partial charge in [-0.15, -0.1) is 0 Å². The Kier molecular flexibility index (Phi) is 6.53. The van der Waals surface area contributed by atoms with E-state index in [0.29, 0.717) is 0 Å². The van der Waals surface area contributed by atoms with Crippen LogP contribution in [-0.4, -0.2) is 13.0 Å². The molecule has 0 fully saturated rings. The van der Waals surface area contributed by atoms with Gasteiger partial charge in [0.25, 0.3) is 10.1 Å². The zero-order chi connectivity index (χ0) is 17.3. The Hall–Kier alpha value is -1.46. The van der Waals surface area contributed by atoms with Crippen LogP contribution in [0.1, 0.15) is 5.56 Å². The number of azo groups is 1. The van der Waals surface area contributed by atoms with Gasteiger partial charge in [-0.2, -0.15) is 31.8 Å². The summed E-state index contributed by atoms with van der Waals surface area (Å²) in [6, 6.07) is 6.26.